The molecule has 176 valence electrons. The number of carboxylic acids is 1. The van der Waals surface area contributed by atoms with Crippen molar-refractivity contribution in [2.24, 2.45) is 0 Å². The van der Waals surface area contributed by atoms with Crippen LogP contribution in [-0.4, -0.2) is 45.0 Å². The highest BCUT2D eigenvalue weighted by molar-refractivity contribution is 5.94. The maximum atomic E-state index is 11.5. The molecule has 0 aliphatic heterocycles. The van der Waals surface area contributed by atoms with Crippen LogP contribution in [0.4, 0.5) is 0 Å². The van der Waals surface area contributed by atoms with Crippen LogP contribution in [0, 0.1) is 0 Å². The van der Waals surface area contributed by atoms with Crippen molar-refractivity contribution in [2.75, 3.05) is 14.2 Å². The average Bonchev–Trinajstić information content (AvgIpc) is 3.23. The van der Waals surface area contributed by atoms with Gasteiger partial charge < -0.3 is 14.6 Å². The Morgan fingerprint density at radius 2 is 1.82 bits per heavy atom. The van der Waals surface area contributed by atoms with Crippen molar-refractivity contribution < 1.29 is 19.4 Å². The van der Waals surface area contributed by atoms with Crippen LogP contribution in [0.2, 0.25) is 0 Å². The van der Waals surface area contributed by atoms with Crippen molar-refractivity contribution in [3.8, 4) is 11.3 Å². The minimum Gasteiger partial charge on any atom is -0.478 e. The van der Waals surface area contributed by atoms with Crippen molar-refractivity contribution in [1.29, 1.82) is 0 Å². The zero-order valence-electron chi connectivity index (χ0n) is 19.7. The van der Waals surface area contributed by atoms with Gasteiger partial charge in [0.05, 0.1) is 11.3 Å². The fourth-order valence-corrected chi connectivity index (χ4v) is 3.82. The fourth-order valence-electron chi connectivity index (χ4n) is 3.82. The summed E-state index contributed by atoms with van der Waals surface area (Å²) in [7, 11) is 3.25. The van der Waals surface area contributed by atoms with Crippen molar-refractivity contribution in [2.45, 2.75) is 58.3 Å². The maximum Gasteiger partial charge on any atom is 0.337 e. The van der Waals surface area contributed by atoms with E-state index in [4.69, 9.17) is 19.6 Å². The van der Waals surface area contributed by atoms with E-state index in [-0.39, 0.29) is 5.56 Å². The van der Waals surface area contributed by atoms with Gasteiger partial charge in [0.25, 0.3) is 0 Å². The Hall–Kier alpha value is -3.10. The number of hydrogen-bond donors (Lipinski definition) is 1. The van der Waals surface area contributed by atoms with Crippen LogP contribution in [0.5, 0.6) is 0 Å². The van der Waals surface area contributed by atoms with Gasteiger partial charge in [-0.05, 0) is 30.5 Å². The minimum atomic E-state index is -0.995. The highest BCUT2D eigenvalue weighted by atomic mass is 16.7. The molecule has 8 heteroatoms. The van der Waals surface area contributed by atoms with Crippen LogP contribution in [0.25, 0.3) is 11.3 Å². The highest BCUT2D eigenvalue weighted by Crippen LogP contribution is 2.30. The standard InChI is InChI=1S/C25H32N4O4/c1-5-7-14-25(32-3,33-4)24-27-21(29(28-24)16-6-2)17-18-10-12-19(13-11-18)22-20(23(30)31)9-8-15-26-22/h8-13,15H,5-7,14,16-17H2,1-4H3,(H,30,31). The molecule has 1 aromatic carbocycles. The molecule has 3 rings (SSSR count). The number of aromatic nitrogens is 4. The summed E-state index contributed by atoms with van der Waals surface area (Å²) in [6.07, 6.45) is 5.74. The summed E-state index contributed by atoms with van der Waals surface area (Å²) in [5.74, 6) is -0.579. The molecular weight excluding hydrogens is 420 g/mol. The molecule has 0 saturated heterocycles. The fraction of sp³-hybridized carbons (Fsp3) is 0.440. The number of carboxylic acid groups (broad SMARTS) is 1. The summed E-state index contributed by atoms with van der Waals surface area (Å²) in [6.45, 7) is 4.97. The number of pyridine rings is 1. The summed E-state index contributed by atoms with van der Waals surface area (Å²) in [5.41, 5.74) is 2.43. The molecule has 0 amide bonds. The molecule has 2 aromatic heterocycles. The lowest BCUT2D eigenvalue weighted by Gasteiger charge is -2.27. The van der Waals surface area contributed by atoms with Crippen LogP contribution >= 0.6 is 0 Å². The van der Waals surface area contributed by atoms with E-state index in [9.17, 15) is 9.90 Å². The Kier molecular flexibility index (Phi) is 8.30. The monoisotopic (exact) mass is 452 g/mol. The van der Waals surface area contributed by atoms with Crippen molar-refractivity contribution >= 4 is 5.97 Å². The molecular formula is C25H32N4O4. The zero-order chi connectivity index (χ0) is 23.8. The van der Waals surface area contributed by atoms with Gasteiger partial charge in [0, 0.05) is 45.4 Å². The van der Waals surface area contributed by atoms with Crippen LogP contribution in [0.15, 0.2) is 42.6 Å². The molecule has 0 aliphatic carbocycles. The second-order valence-electron chi connectivity index (χ2n) is 7.92. The Bertz CT molecular complexity index is 1060. The lowest BCUT2D eigenvalue weighted by atomic mass is 10.0. The Morgan fingerprint density at radius 1 is 1.09 bits per heavy atom. The Balaban J connectivity index is 1.89. The van der Waals surface area contributed by atoms with Gasteiger partial charge in [-0.1, -0.05) is 44.5 Å². The second kappa shape index (κ2) is 11.2. The first-order chi connectivity index (χ1) is 16.0. The van der Waals surface area contributed by atoms with Crippen LogP contribution in [0.3, 0.4) is 0 Å². The molecule has 0 unspecified atom stereocenters. The van der Waals surface area contributed by atoms with E-state index in [1.807, 2.05) is 28.9 Å². The first-order valence-electron chi connectivity index (χ1n) is 11.3. The van der Waals surface area contributed by atoms with Gasteiger partial charge in [0.15, 0.2) is 0 Å². The number of benzene rings is 1. The SMILES string of the molecule is CCCCC(OC)(OC)c1nc(Cc2ccc(-c3ncccc3C(=O)O)cc2)n(CCC)n1. The zero-order valence-corrected chi connectivity index (χ0v) is 19.7. The predicted molar refractivity (Wildman–Crippen MR) is 125 cm³/mol. The highest BCUT2D eigenvalue weighted by Gasteiger charge is 2.37. The first kappa shape index (κ1) is 24.5. The number of aromatic carboxylic acids is 1. The number of hydrogen-bond acceptors (Lipinski definition) is 6. The molecule has 3 aromatic rings. The van der Waals surface area contributed by atoms with Gasteiger partial charge in [-0.3, -0.25) is 4.98 Å². The van der Waals surface area contributed by atoms with Gasteiger partial charge in [-0.15, -0.1) is 0 Å². The van der Waals surface area contributed by atoms with Gasteiger partial charge in [-0.2, -0.15) is 5.10 Å². The number of nitrogens with zero attached hydrogens (tertiary/aromatic N) is 4. The number of unbranched alkanes of at least 4 members (excludes halogenated alkanes) is 1. The second-order valence-corrected chi connectivity index (χ2v) is 7.92. The molecule has 1 N–H and O–H groups in total. The molecule has 0 fully saturated rings. The van der Waals surface area contributed by atoms with E-state index in [0.717, 1.165) is 42.8 Å². The topological polar surface area (TPSA) is 99.4 Å². The maximum absolute atomic E-state index is 11.5. The number of aryl methyl sites for hydroxylation is 1. The van der Waals surface area contributed by atoms with Gasteiger partial charge in [0.2, 0.25) is 11.6 Å². The number of carbonyl (C=O) groups is 1. The van der Waals surface area contributed by atoms with Crippen molar-refractivity contribution in [3.05, 3.63) is 65.4 Å². The van der Waals surface area contributed by atoms with E-state index < -0.39 is 11.8 Å². The molecule has 0 atom stereocenters. The van der Waals surface area contributed by atoms with E-state index in [1.165, 1.54) is 0 Å². The molecule has 0 bridgehead atoms. The minimum absolute atomic E-state index is 0.181. The number of methoxy groups -OCH3 is 2. The average molecular weight is 453 g/mol. The lowest BCUT2D eigenvalue weighted by molar-refractivity contribution is -0.226. The smallest absolute Gasteiger partial charge is 0.337 e. The van der Waals surface area contributed by atoms with E-state index in [0.29, 0.717) is 24.4 Å². The predicted octanol–water partition coefficient (Wildman–Crippen LogP) is 4.67. The molecule has 8 nitrogen and oxygen atoms in total. The van der Waals surface area contributed by atoms with E-state index in [1.54, 1.807) is 32.5 Å². The summed E-state index contributed by atoms with van der Waals surface area (Å²) in [6, 6.07) is 10.9. The molecule has 33 heavy (non-hydrogen) atoms. The Morgan fingerprint density at radius 3 is 2.42 bits per heavy atom. The van der Waals surface area contributed by atoms with Gasteiger partial charge in [0.1, 0.15) is 5.82 Å². The van der Waals surface area contributed by atoms with Crippen LogP contribution < -0.4 is 0 Å². The Labute approximate surface area is 194 Å². The van der Waals surface area contributed by atoms with Gasteiger partial charge >= 0.3 is 5.97 Å². The molecule has 0 radical (unpaired) electrons. The summed E-state index contributed by atoms with van der Waals surface area (Å²) < 4.78 is 13.4. The third-order valence-electron chi connectivity index (χ3n) is 5.67. The van der Waals surface area contributed by atoms with E-state index >= 15 is 0 Å². The third-order valence-corrected chi connectivity index (χ3v) is 5.67. The normalized spacial score (nSPS) is 11.6. The lowest BCUT2D eigenvalue weighted by Crippen LogP contribution is -2.32. The molecule has 0 aliphatic rings. The number of ether oxygens (including phenoxy) is 2. The van der Waals surface area contributed by atoms with Crippen LogP contribution in [-0.2, 0) is 28.2 Å². The summed E-state index contributed by atoms with van der Waals surface area (Å²) in [5, 5.41) is 14.2. The number of rotatable bonds is 12. The molecule has 0 spiro atoms. The third kappa shape index (κ3) is 5.46. The molecule has 0 saturated carbocycles. The molecule has 2 heterocycles. The van der Waals surface area contributed by atoms with Crippen molar-refractivity contribution in [3.63, 3.8) is 0 Å². The van der Waals surface area contributed by atoms with Crippen molar-refractivity contribution in [1.82, 2.24) is 19.7 Å². The quantitative estimate of drug-likeness (QED) is 0.399. The first-order valence-corrected chi connectivity index (χ1v) is 11.3. The summed E-state index contributed by atoms with van der Waals surface area (Å²) >= 11 is 0. The van der Waals surface area contributed by atoms with E-state index in [2.05, 4.69) is 18.8 Å². The van der Waals surface area contributed by atoms with Gasteiger partial charge in [-0.25, -0.2) is 14.5 Å². The van der Waals surface area contributed by atoms with Crippen LogP contribution in [0.1, 0.15) is 67.1 Å². The summed E-state index contributed by atoms with van der Waals surface area (Å²) in [4.78, 5) is 20.6. The largest absolute Gasteiger partial charge is 0.478 e.